The van der Waals surface area contributed by atoms with Gasteiger partial charge < -0.3 is 16.0 Å². The maximum atomic E-state index is 13.0. The van der Waals surface area contributed by atoms with E-state index in [1.165, 1.54) is 6.07 Å². The van der Waals surface area contributed by atoms with Gasteiger partial charge in [-0.2, -0.15) is 0 Å². The molecule has 18 heavy (non-hydrogen) atoms. The standard InChI is InChI=1S/C12H15F2N3O/c13-12(14)9-7-8(15)1-2-10(9)17-5-3-11(18)16-4-6-17/h1-2,7,12H,3-6,15H2,(H,16,18). The van der Waals surface area contributed by atoms with Crippen molar-refractivity contribution in [3.05, 3.63) is 23.8 Å². The van der Waals surface area contributed by atoms with Crippen LogP contribution in [-0.4, -0.2) is 25.5 Å². The fraction of sp³-hybridized carbons (Fsp3) is 0.417. The highest BCUT2D eigenvalue weighted by molar-refractivity contribution is 5.77. The van der Waals surface area contributed by atoms with Gasteiger partial charge in [-0.3, -0.25) is 4.79 Å². The monoisotopic (exact) mass is 255 g/mol. The van der Waals surface area contributed by atoms with Gasteiger partial charge in [0.15, 0.2) is 0 Å². The van der Waals surface area contributed by atoms with E-state index >= 15 is 0 Å². The predicted octanol–water partition coefficient (Wildman–Crippen LogP) is 1.53. The quantitative estimate of drug-likeness (QED) is 0.788. The summed E-state index contributed by atoms with van der Waals surface area (Å²) in [6.07, 6.45) is -2.26. The van der Waals surface area contributed by atoms with E-state index in [4.69, 9.17) is 5.73 Å². The molecule has 1 amide bonds. The molecule has 0 aliphatic carbocycles. The highest BCUT2D eigenvalue weighted by Gasteiger charge is 2.20. The van der Waals surface area contributed by atoms with Crippen LogP contribution >= 0.6 is 0 Å². The summed E-state index contributed by atoms with van der Waals surface area (Å²) in [6, 6.07) is 4.48. The first kappa shape index (κ1) is 12.6. The molecule has 1 aromatic rings. The molecular weight excluding hydrogens is 240 g/mol. The lowest BCUT2D eigenvalue weighted by Gasteiger charge is -2.24. The third-order valence-electron chi connectivity index (χ3n) is 2.94. The Morgan fingerprint density at radius 2 is 2.11 bits per heavy atom. The molecule has 1 saturated heterocycles. The first-order valence-corrected chi connectivity index (χ1v) is 5.77. The second-order valence-corrected chi connectivity index (χ2v) is 4.21. The van der Waals surface area contributed by atoms with E-state index < -0.39 is 6.43 Å². The fourth-order valence-electron chi connectivity index (χ4n) is 2.04. The van der Waals surface area contributed by atoms with Crippen molar-refractivity contribution in [2.45, 2.75) is 12.8 Å². The molecular formula is C12H15F2N3O. The molecule has 1 fully saturated rings. The molecule has 0 spiro atoms. The van der Waals surface area contributed by atoms with Crippen molar-refractivity contribution in [2.75, 3.05) is 30.3 Å². The minimum absolute atomic E-state index is 0.0495. The van der Waals surface area contributed by atoms with Gasteiger partial charge >= 0.3 is 0 Å². The van der Waals surface area contributed by atoms with Crippen molar-refractivity contribution < 1.29 is 13.6 Å². The third kappa shape index (κ3) is 2.69. The lowest BCUT2D eigenvalue weighted by atomic mass is 10.1. The molecule has 0 aromatic heterocycles. The third-order valence-corrected chi connectivity index (χ3v) is 2.94. The predicted molar refractivity (Wildman–Crippen MR) is 65.7 cm³/mol. The Bertz CT molecular complexity index is 451. The number of nitrogen functional groups attached to an aromatic ring is 1. The fourth-order valence-corrected chi connectivity index (χ4v) is 2.04. The molecule has 3 N–H and O–H groups in total. The van der Waals surface area contributed by atoms with E-state index in [0.717, 1.165) is 0 Å². The zero-order valence-corrected chi connectivity index (χ0v) is 9.83. The number of nitrogens with two attached hydrogens (primary N) is 1. The molecule has 2 rings (SSSR count). The average molecular weight is 255 g/mol. The van der Waals surface area contributed by atoms with Gasteiger partial charge in [-0.1, -0.05) is 0 Å². The number of hydrogen-bond acceptors (Lipinski definition) is 3. The Kier molecular flexibility index (Phi) is 3.64. The lowest BCUT2D eigenvalue weighted by molar-refractivity contribution is -0.120. The molecule has 6 heteroatoms. The van der Waals surface area contributed by atoms with Gasteiger partial charge in [0, 0.05) is 43.0 Å². The number of nitrogens with one attached hydrogen (secondary N) is 1. The number of carbonyl (C=O) groups is 1. The number of rotatable bonds is 2. The lowest BCUT2D eigenvalue weighted by Crippen LogP contribution is -2.29. The summed E-state index contributed by atoms with van der Waals surface area (Å²) in [5.41, 5.74) is 6.22. The highest BCUT2D eigenvalue weighted by Crippen LogP contribution is 2.31. The van der Waals surface area contributed by atoms with Crippen LogP contribution in [-0.2, 0) is 4.79 Å². The molecule has 1 aliphatic heterocycles. The summed E-state index contributed by atoms with van der Waals surface area (Å²) in [5, 5.41) is 2.71. The number of amides is 1. The van der Waals surface area contributed by atoms with E-state index in [-0.39, 0.29) is 11.5 Å². The van der Waals surface area contributed by atoms with Crippen molar-refractivity contribution >= 4 is 17.3 Å². The Morgan fingerprint density at radius 3 is 2.83 bits per heavy atom. The molecule has 98 valence electrons. The summed E-state index contributed by atoms with van der Waals surface area (Å²) in [6.45, 7) is 1.43. The molecule has 1 heterocycles. The maximum absolute atomic E-state index is 13.0. The first-order chi connectivity index (χ1) is 8.58. The van der Waals surface area contributed by atoms with Gasteiger partial charge in [-0.25, -0.2) is 8.78 Å². The van der Waals surface area contributed by atoms with E-state index in [1.54, 1.807) is 17.0 Å². The van der Waals surface area contributed by atoms with Crippen LogP contribution < -0.4 is 16.0 Å². The number of anilines is 2. The Labute approximate surface area is 104 Å². The van der Waals surface area contributed by atoms with Crippen molar-refractivity contribution in [3.63, 3.8) is 0 Å². The van der Waals surface area contributed by atoms with Crippen LogP contribution in [0.5, 0.6) is 0 Å². The first-order valence-electron chi connectivity index (χ1n) is 5.77. The number of nitrogens with zero attached hydrogens (tertiary/aromatic N) is 1. The largest absolute Gasteiger partial charge is 0.399 e. The van der Waals surface area contributed by atoms with Crippen LogP contribution in [0, 0.1) is 0 Å². The van der Waals surface area contributed by atoms with Crippen LogP contribution in [0.25, 0.3) is 0 Å². The Morgan fingerprint density at radius 1 is 1.33 bits per heavy atom. The minimum Gasteiger partial charge on any atom is -0.399 e. The molecule has 0 unspecified atom stereocenters. The van der Waals surface area contributed by atoms with Crippen molar-refractivity contribution in [1.82, 2.24) is 5.32 Å². The Balaban J connectivity index is 2.29. The smallest absolute Gasteiger partial charge is 0.265 e. The number of hydrogen-bond donors (Lipinski definition) is 2. The SMILES string of the molecule is Nc1ccc(N2CCNC(=O)CC2)c(C(F)F)c1. The van der Waals surface area contributed by atoms with E-state index in [0.29, 0.717) is 37.4 Å². The minimum atomic E-state index is -2.57. The van der Waals surface area contributed by atoms with Crippen LogP contribution in [0.2, 0.25) is 0 Å². The van der Waals surface area contributed by atoms with E-state index in [2.05, 4.69) is 5.32 Å². The van der Waals surface area contributed by atoms with Crippen LogP contribution in [0.3, 0.4) is 0 Å². The molecule has 4 nitrogen and oxygen atoms in total. The van der Waals surface area contributed by atoms with Crippen LogP contribution in [0.1, 0.15) is 18.4 Å². The average Bonchev–Trinajstić information content (AvgIpc) is 2.54. The number of halogens is 2. The van der Waals surface area contributed by atoms with E-state index in [9.17, 15) is 13.6 Å². The summed E-state index contributed by atoms with van der Waals surface area (Å²) >= 11 is 0. The summed E-state index contributed by atoms with van der Waals surface area (Å²) in [4.78, 5) is 13.0. The second-order valence-electron chi connectivity index (χ2n) is 4.21. The summed E-state index contributed by atoms with van der Waals surface area (Å²) in [5.74, 6) is -0.0495. The molecule has 0 atom stereocenters. The van der Waals surface area contributed by atoms with Crippen LogP contribution in [0.15, 0.2) is 18.2 Å². The zero-order chi connectivity index (χ0) is 13.1. The van der Waals surface area contributed by atoms with Crippen molar-refractivity contribution in [3.8, 4) is 0 Å². The van der Waals surface area contributed by atoms with Gasteiger partial charge in [0.05, 0.1) is 0 Å². The summed E-state index contributed by atoms with van der Waals surface area (Å²) in [7, 11) is 0. The number of benzene rings is 1. The molecule has 1 aromatic carbocycles. The second kappa shape index (κ2) is 5.20. The number of alkyl halides is 2. The molecule has 0 saturated carbocycles. The van der Waals surface area contributed by atoms with Crippen molar-refractivity contribution in [1.29, 1.82) is 0 Å². The molecule has 0 bridgehead atoms. The van der Waals surface area contributed by atoms with Gasteiger partial charge in [0.25, 0.3) is 6.43 Å². The van der Waals surface area contributed by atoms with Gasteiger partial charge in [0.2, 0.25) is 5.91 Å². The molecule has 0 radical (unpaired) electrons. The maximum Gasteiger partial charge on any atom is 0.265 e. The zero-order valence-electron chi connectivity index (χ0n) is 9.83. The van der Waals surface area contributed by atoms with Crippen LogP contribution in [0.4, 0.5) is 20.2 Å². The topological polar surface area (TPSA) is 58.4 Å². The summed E-state index contributed by atoms with van der Waals surface area (Å²) < 4.78 is 26.0. The van der Waals surface area contributed by atoms with Gasteiger partial charge in [-0.05, 0) is 18.2 Å². The van der Waals surface area contributed by atoms with Gasteiger partial charge in [-0.15, -0.1) is 0 Å². The van der Waals surface area contributed by atoms with Crippen molar-refractivity contribution in [2.24, 2.45) is 0 Å². The normalized spacial score (nSPS) is 16.6. The highest BCUT2D eigenvalue weighted by atomic mass is 19.3. The Hall–Kier alpha value is -1.85. The van der Waals surface area contributed by atoms with E-state index in [1.807, 2.05) is 0 Å². The van der Waals surface area contributed by atoms with Gasteiger partial charge in [0.1, 0.15) is 0 Å². The molecule has 1 aliphatic rings. The number of carbonyl (C=O) groups excluding carboxylic acids is 1.